The molecule has 0 fully saturated rings. The maximum absolute atomic E-state index is 13.4. The second-order valence-electron chi connectivity index (χ2n) is 6.03. The van der Waals surface area contributed by atoms with Gasteiger partial charge >= 0.3 is 0 Å². The quantitative estimate of drug-likeness (QED) is 0.384. The lowest BCUT2D eigenvalue weighted by atomic mass is 10.1. The summed E-state index contributed by atoms with van der Waals surface area (Å²) >= 11 is 1.43. The molecule has 1 amide bonds. The van der Waals surface area contributed by atoms with E-state index >= 15 is 0 Å². The van der Waals surface area contributed by atoms with Crippen LogP contribution >= 0.6 is 11.8 Å². The number of hydrogen-bond donors (Lipinski definition) is 1. The first-order valence-electron chi connectivity index (χ1n) is 9.98. The largest absolute Gasteiger partial charge is 0.382 e. The Kier molecular flexibility index (Phi) is 15.3. The van der Waals surface area contributed by atoms with E-state index in [-0.39, 0.29) is 12.4 Å². The van der Waals surface area contributed by atoms with Gasteiger partial charge in [-0.1, -0.05) is 26.0 Å². The highest BCUT2D eigenvalue weighted by Gasteiger charge is 2.20. The van der Waals surface area contributed by atoms with Gasteiger partial charge in [0, 0.05) is 27.0 Å². The number of amides is 1. The maximum atomic E-state index is 13.4. The van der Waals surface area contributed by atoms with Crippen molar-refractivity contribution in [2.24, 2.45) is 17.8 Å². The fourth-order valence-corrected chi connectivity index (χ4v) is 3.05. The molecule has 0 saturated heterocycles. The Morgan fingerprint density at radius 1 is 1.26 bits per heavy atom. The van der Waals surface area contributed by atoms with Gasteiger partial charge in [0.15, 0.2) is 0 Å². The van der Waals surface area contributed by atoms with Gasteiger partial charge in [0.2, 0.25) is 5.91 Å². The minimum absolute atomic E-state index is 0.0744. The molecule has 7 nitrogen and oxygen atoms in total. The number of carbonyl (C=O) groups is 1. The van der Waals surface area contributed by atoms with Crippen molar-refractivity contribution in [2.45, 2.75) is 27.2 Å². The van der Waals surface area contributed by atoms with Crippen LogP contribution in [0.2, 0.25) is 0 Å². The third kappa shape index (κ3) is 10.1. The molecule has 0 aliphatic heterocycles. The molecule has 0 unspecified atom stereocenters. The molecule has 0 saturated carbocycles. The summed E-state index contributed by atoms with van der Waals surface area (Å²) in [6.07, 6.45) is 8.93. The average Bonchev–Trinajstić information content (AvgIpc) is 2.92. The molecule has 1 aliphatic carbocycles. The number of rotatable bonds is 7. The summed E-state index contributed by atoms with van der Waals surface area (Å²) in [5.41, 5.74) is 8.51. The first-order chi connectivity index (χ1) is 14.8. The molecule has 0 aromatic carbocycles. The van der Waals surface area contributed by atoms with Crippen molar-refractivity contribution in [1.82, 2.24) is 9.78 Å². The van der Waals surface area contributed by atoms with Crippen LogP contribution in [0.1, 0.15) is 37.2 Å². The SMILES string of the molecule is CC.COCCOC.CSC(=NCC(N)=O)c1c(C2=CCC=C(F)C=C2)nn(C)c1C. The summed E-state index contributed by atoms with van der Waals surface area (Å²) < 4.78 is 24.5. The van der Waals surface area contributed by atoms with Crippen molar-refractivity contribution >= 4 is 28.3 Å². The smallest absolute Gasteiger partial charge is 0.239 e. The summed E-state index contributed by atoms with van der Waals surface area (Å²) in [7, 11) is 5.15. The van der Waals surface area contributed by atoms with Crippen LogP contribution in [0, 0.1) is 6.92 Å². The van der Waals surface area contributed by atoms with Gasteiger partial charge in [-0.2, -0.15) is 5.10 Å². The van der Waals surface area contributed by atoms with Crippen LogP contribution in [0.15, 0.2) is 35.1 Å². The number of methoxy groups -OCH3 is 2. The highest BCUT2D eigenvalue weighted by Crippen LogP contribution is 2.28. The number of nitrogens with zero attached hydrogens (tertiary/aromatic N) is 3. The van der Waals surface area contributed by atoms with Crippen molar-refractivity contribution in [3.63, 3.8) is 0 Å². The molecule has 1 aromatic rings. The third-order valence-electron chi connectivity index (χ3n) is 3.96. The number of carbonyl (C=O) groups excluding carboxylic acids is 1. The molecule has 174 valence electrons. The Morgan fingerprint density at radius 2 is 1.87 bits per heavy atom. The minimum atomic E-state index is -0.487. The lowest BCUT2D eigenvalue weighted by Gasteiger charge is -2.06. The molecule has 1 aliphatic rings. The van der Waals surface area contributed by atoms with Crippen LogP contribution in [0.4, 0.5) is 4.39 Å². The van der Waals surface area contributed by atoms with Gasteiger partial charge in [0.25, 0.3) is 0 Å². The van der Waals surface area contributed by atoms with Crippen molar-refractivity contribution in [3.8, 4) is 0 Å². The van der Waals surface area contributed by atoms with E-state index in [4.69, 9.17) is 5.73 Å². The van der Waals surface area contributed by atoms with E-state index in [9.17, 15) is 9.18 Å². The summed E-state index contributed by atoms with van der Waals surface area (Å²) in [4.78, 5) is 15.3. The summed E-state index contributed by atoms with van der Waals surface area (Å²) in [5, 5.41) is 5.23. The molecule has 0 spiro atoms. The normalized spacial score (nSPS) is 13.2. The number of halogens is 1. The fraction of sp³-hybridized carbons (Fsp3) is 0.500. The Labute approximate surface area is 189 Å². The number of thioether (sulfide) groups is 1. The maximum Gasteiger partial charge on any atom is 0.239 e. The monoisotopic (exact) mass is 454 g/mol. The Bertz CT molecular complexity index is 810. The van der Waals surface area contributed by atoms with Crippen molar-refractivity contribution in [1.29, 1.82) is 0 Å². The molecular weight excluding hydrogens is 419 g/mol. The van der Waals surface area contributed by atoms with E-state index in [0.717, 1.165) is 22.5 Å². The number of nitrogens with two attached hydrogens (primary N) is 1. The molecular formula is C22H35FN4O3S. The molecule has 9 heteroatoms. The molecule has 31 heavy (non-hydrogen) atoms. The first kappa shape index (κ1) is 28.8. The van der Waals surface area contributed by atoms with Gasteiger partial charge in [-0.3, -0.25) is 14.5 Å². The van der Waals surface area contributed by atoms with Crippen molar-refractivity contribution in [3.05, 3.63) is 47.1 Å². The molecule has 2 N–H and O–H groups in total. The number of primary amides is 1. The number of aryl methyl sites for hydroxylation is 1. The van der Waals surface area contributed by atoms with Crippen LogP contribution < -0.4 is 5.73 Å². The van der Waals surface area contributed by atoms with Crippen LogP contribution in [-0.2, 0) is 21.3 Å². The molecule has 0 atom stereocenters. The molecule has 0 radical (unpaired) electrons. The van der Waals surface area contributed by atoms with Gasteiger partial charge in [-0.15, -0.1) is 11.8 Å². The Morgan fingerprint density at radius 3 is 2.39 bits per heavy atom. The van der Waals surface area contributed by atoms with Crippen LogP contribution in [-0.4, -0.2) is 61.0 Å². The number of aliphatic imine (C=N–C) groups is 1. The number of aromatic nitrogens is 2. The number of hydrogen-bond acceptors (Lipinski definition) is 6. The number of allylic oxidation sites excluding steroid dienone is 6. The van der Waals surface area contributed by atoms with E-state index in [1.165, 1.54) is 23.9 Å². The van der Waals surface area contributed by atoms with E-state index in [0.29, 0.717) is 24.7 Å². The molecule has 1 aromatic heterocycles. The highest BCUT2D eigenvalue weighted by atomic mass is 32.2. The lowest BCUT2D eigenvalue weighted by Crippen LogP contribution is -2.15. The summed E-state index contributed by atoms with van der Waals surface area (Å²) in [6.45, 7) is 7.24. The second-order valence-corrected chi connectivity index (χ2v) is 6.82. The first-order valence-corrected chi connectivity index (χ1v) is 11.2. The third-order valence-corrected chi connectivity index (χ3v) is 4.68. The topological polar surface area (TPSA) is 91.7 Å². The van der Waals surface area contributed by atoms with Crippen molar-refractivity contribution in [2.75, 3.05) is 40.2 Å². The van der Waals surface area contributed by atoms with Crippen LogP contribution in [0.25, 0.3) is 5.57 Å². The zero-order valence-corrected chi connectivity index (χ0v) is 20.4. The summed E-state index contributed by atoms with van der Waals surface area (Å²) in [6, 6.07) is 0. The highest BCUT2D eigenvalue weighted by molar-refractivity contribution is 8.13. The standard InChI is InChI=1S/C16H19FN4OS.C4H10O2.C2H6/c1-10-14(16(23-3)19-9-13(18)22)15(20-21(10)2)11-5-4-6-12(17)8-7-11;1-5-3-4-6-2;1-2/h5-8H,4,9H2,1-3H3,(H2,18,22);3-4H2,1-2H3;1-2H3. The van der Waals surface area contributed by atoms with Crippen LogP contribution in [0.3, 0.4) is 0 Å². The predicted octanol–water partition coefficient (Wildman–Crippen LogP) is 3.83. The Balaban J connectivity index is 0.000000970. The van der Waals surface area contributed by atoms with Gasteiger partial charge in [-0.05, 0) is 37.3 Å². The average molecular weight is 455 g/mol. The van der Waals surface area contributed by atoms with E-state index < -0.39 is 5.91 Å². The van der Waals surface area contributed by atoms with Gasteiger partial charge in [-0.25, -0.2) is 4.39 Å². The Hall–Kier alpha value is -2.23. The number of ether oxygens (including phenoxy) is 2. The zero-order chi connectivity index (χ0) is 23.8. The van der Waals surface area contributed by atoms with Gasteiger partial charge < -0.3 is 15.2 Å². The second kappa shape index (κ2) is 16.5. The fourth-order valence-electron chi connectivity index (χ4n) is 2.41. The predicted molar refractivity (Wildman–Crippen MR) is 128 cm³/mol. The van der Waals surface area contributed by atoms with Gasteiger partial charge in [0.05, 0.1) is 18.8 Å². The lowest BCUT2D eigenvalue weighted by molar-refractivity contribution is -0.116. The van der Waals surface area contributed by atoms with Gasteiger partial charge in [0.1, 0.15) is 23.1 Å². The molecule has 0 bridgehead atoms. The molecule has 2 rings (SSSR count). The van der Waals surface area contributed by atoms with Crippen molar-refractivity contribution < 1.29 is 18.7 Å². The minimum Gasteiger partial charge on any atom is -0.382 e. The summed E-state index contributed by atoms with van der Waals surface area (Å²) in [5.74, 6) is -0.752. The van der Waals surface area contributed by atoms with Crippen LogP contribution in [0.5, 0.6) is 0 Å². The van der Waals surface area contributed by atoms with E-state index in [1.54, 1.807) is 25.0 Å². The van der Waals surface area contributed by atoms with E-state index in [2.05, 4.69) is 19.6 Å². The van der Waals surface area contributed by atoms with E-state index in [1.807, 2.05) is 40.2 Å². The zero-order valence-electron chi connectivity index (χ0n) is 19.6. The molecule has 1 heterocycles.